The highest BCUT2D eigenvalue weighted by Crippen LogP contribution is 2.31. The van der Waals surface area contributed by atoms with Crippen molar-refractivity contribution in [2.45, 2.75) is 19.3 Å². The number of carbonyl (C=O) groups is 2. The Balaban J connectivity index is 3.24. The molecule has 0 saturated carbocycles. The van der Waals surface area contributed by atoms with Crippen LogP contribution in [-0.2, 0) is 33.5 Å². The van der Waals surface area contributed by atoms with Gasteiger partial charge in [-0.3, -0.25) is 13.9 Å². The third-order valence-electron chi connectivity index (χ3n) is 3.38. The number of methoxy groups -OCH3 is 2. The summed E-state index contributed by atoms with van der Waals surface area (Å²) >= 11 is 0. The molecule has 0 spiro atoms. The Kier molecular flexibility index (Phi) is 7.56. The molecule has 0 N–H and O–H groups in total. The summed E-state index contributed by atoms with van der Waals surface area (Å²) in [6.45, 7) is 1.53. The number of nitrogens with zero attached hydrogens (tertiary/aromatic N) is 1. The van der Waals surface area contributed by atoms with Gasteiger partial charge in [0.05, 0.1) is 26.2 Å². The van der Waals surface area contributed by atoms with E-state index in [2.05, 4.69) is 9.44 Å². The third-order valence-corrected chi connectivity index (χ3v) is 3.73. The van der Waals surface area contributed by atoms with Crippen LogP contribution in [0.1, 0.15) is 24.8 Å². The Hall–Kier alpha value is -2.42. The number of carbonyl (C=O) groups excluding carboxylic acids is 2. The number of oxime groups is 1. The second-order valence-corrected chi connectivity index (χ2v) is 6.91. The Bertz CT molecular complexity index is 712. The summed E-state index contributed by atoms with van der Waals surface area (Å²) in [4.78, 5) is 24.3. The summed E-state index contributed by atoms with van der Waals surface area (Å²) in [6.07, 6.45) is 0.957. The number of hydrogen-bond donors (Lipinski definition) is 0. The van der Waals surface area contributed by atoms with Gasteiger partial charge in [0, 0.05) is 5.92 Å². The number of esters is 2. The zero-order valence-corrected chi connectivity index (χ0v) is 15.3. The summed E-state index contributed by atoms with van der Waals surface area (Å²) in [5, 5.41) is 3.54. The van der Waals surface area contributed by atoms with Crippen LogP contribution in [-0.4, -0.2) is 46.5 Å². The molecule has 0 amide bonds. The van der Waals surface area contributed by atoms with Crippen LogP contribution in [0, 0.1) is 5.92 Å². The van der Waals surface area contributed by atoms with Crippen LogP contribution >= 0.6 is 0 Å². The highest BCUT2D eigenvalue weighted by Gasteiger charge is 2.38. The highest BCUT2D eigenvalue weighted by molar-refractivity contribution is 7.85. The van der Waals surface area contributed by atoms with Gasteiger partial charge in [0.25, 0.3) is 0 Å². The molecule has 1 atom stereocenters. The van der Waals surface area contributed by atoms with Crippen molar-refractivity contribution in [2.75, 3.05) is 20.5 Å². The largest absolute Gasteiger partial charge is 0.468 e. The summed E-state index contributed by atoms with van der Waals surface area (Å²) < 4.78 is 36.0. The molecule has 0 bridgehead atoms. The lowest BCUT2D eigenvalue weighted by Gasteiger charge is -2.23. The maximum absolute atomic E-state index is 12.1. The van der Waals surface area contributed by atoms with E-state index in [1.807, 2.05) is 0 Å². The number of hydrogen-bond acceptors (Lipinski definition) is 8. The van der Waals surface area contributed by atoms with E-state index in [1.165, 1.54) is 21.1 Å². The molecule has 9 heteroatoms. The average Bonchev–Trinajstić information content (AvgIpc) is 2.59. The molecule has 1 aromatic carbocycles. The molecule has 25 heavy (non-hydrogen) atoms. The van der Waals surface area contributed by atoms with Crippen molar-refractivity contribution in [3.05, 3.63) is 35.9 Å². The molecule has 1 unspecified atom stereocenters. The zero-order valence-electron chi connectivity index (χ0n) is 14.5. The Labute approximate surface area is 146 Å². The van der Waals surface area contributed by atoms with Gasteiger partial charge in [-0.2, -0.15) is 8.42 Å². The quantitative estimate of drug-likeness (QED) is 0.295. The van der Waals surface area contributed by atoms with Gasteiger partial charge in [-0.25, -0.2) is 0 Å². The second-order valence-electron chi connectivity index (χ2n) is 5.35. The van der Waals surface area contributed by atoms with Gasteiger partial charge in [0.15, 0.2) is 5.92 Å². The lowest BCUT2D eigenvalue weighted by Crippen LogP contribution is -2.33. The molecule has 0 aliphatic rings. The van der Waals surface area contributed by atoms with E-state index in [1.54, 1.807) is 30.3 Å². The van der Waals surface area contributed by atoms with Crippen molar-refractivity contribution in [3.8, 4) is 0 Å². The minimum absolute atomic E-state index is 0.0917. The smallest absolute Gasteiger partial charge is 0.325 e. The standard InChI is InChI=1S/C16H21NO7S/c1-11(17-24-25(4,20)21)10-13(12-8-6-5-7-9-12)14(15(18)22-2)16(19)23-3/h5-9,13-14H,10H2,1-4H3. The highest BCUT2D eigenvalue weighted by atomic mass is 32.2. The molecule has 0 aliphatic carbocycles. The van der Waals surface area contributed by atoms with Gasteiger partial charge in [0.2, 0.25) is 0 Å². The normalized spacial score (nSPS) is 13.2. The number of benzene rings is 1. The number of rotatable bonds is 8. The van der Waals surface area contributed by atoms with Crippen molar-refractivity contribution in [1.29, 1.82) is 0 Å². The first-order valence-electron chi connectivity index (χ1n) is 7.32. The lowest BCUT2D eigenvalue weighted by molar-refractivity contribution is -0.159. The molecular weight excluding hydrogens is 350 g/mol. The topological polar surface area (TPSA) is 108 Å². The van der Waals surface area contributed by atoms with E-state index in [0.29, 0.717) is 5.56 Å². The average molecular weight is 371 g/mol. The van der Waals surface area contributed by atoms with Gasteiger partial charge < -0.3 is 9.47 Å². The van der Waals surface area contributed by atoms with Crippen LogP contribution in [0.5, 0.6) is 0 Å². The van der Waals surface area contributed by atoms with Crippen LogP contribution < -0.4 is 0 Å². The molecule has 1 rings (SSSR count). The maximum Gasteiger partial charge on any atom is 0.325 e. The van der Waals surface area contributed by atoms with Crippen LogP contribution in [0.2, 0.25) is 0 Å². The SMILES string of the molecule is COC(=O)C(C(=O)OC)C(CC(C)=NOS(C)(=O)=O)c1ccccc1. The van der Waals surface area contributed by atoms with E-state index in [-0.39, 0.29) is 12.1 Å². The van der Waals surface area contributed by atoms with Gasteiger partial charge in [-0.05, 0) is 18.9 Å². The predicted octanol–water partition coefficient (Wildman–Crippen LogP) is 1.47. The van der Waals surface area contributed by atoms with Crippen molar-refractivity contribution in [1.82, 2.24) is 0 Å². The van der Waals surface area contributed by atoms with Crippen molar-refractivity contribution in [2.24, 2.45) is 11.1 Å². The fourth-order valence-corrected chi connectivity index (χ4v) is 2.56. The van der Waals surface area contributed by atoms with Crippen LogP contribution in [0.3, 0.4) is 0 Å². The van der Waals surface area contributed by atoms with Gasteiger partial charge in [0.1, 0.15) is 0 Å². The Morgan fingerprint density at radius 3 is 2.04 bits per heavy atom. The first kappa shape index (κ1) is 20.6. The molecule has 0 saturated heterocycles. The van der Waals surface area contributed by atoms with Crippen molar-refractivity contribution in [3.63, 3.8) is 0 Å². The molecule has 138 valence electrons. The zero-order chi connectivity index (χ0) is 19.0. The first-order valence-corrected chi connectivity index (χ1v) is 9.14. The fourth-order valence-electron chi connectivity index (χ4n) is 2.29. The molecule has 0 fully saturated rings. The maximum atomic E-state index is 12.1. The van der Waals surface area contributed by atoms with Crippen molar-refractivity contribution < 1.29 is 31.8 Å². The minimum Gasteiger partial charge on any atom is -0.468 e. The van der Waals surface area contributed by atoms with Crippen molar-refractivity contribution >= 4 is 27.8 Å². The van der Waals surface area contributed by atoms with Crippen LogP contribution in [0.4, 0.5) is 0 Å². The Morgan fingerprint density at radius 1 is 1.08 bits per heavy atom. The summed E-state index contributed by atoms with van der Waals surface area (Å²) in [5.41, 5.74) is 0.967. The molecule has 0 radical (unpaired) electrons. The van der Waals surface area contributed by atoms with E-state index in [0.717, 1.165) is 6.26 Å². The fraction of sp³-hybridized carbons (Fsp3) is 0.438. The van der Waals surface area contributed by atoms with Gasteiger partial charge in [-0.15, -0.1) is 0 Å². The molecule has 0 aliphatic heterocycles. The lowest BCUT2D eigenvalue weighted by atomic mass is 9.82. The van der Waals surface area contributed by atoms with Gasteiger partial charge >= 0.3 is 22.1 Å². The van der Waals surface area contributed by atoms with Crippen LogP contribution in [0.15, 0.2) is 35.5 Å². The summed E-state index contributed by atoms with van der Waals surface area (Å²) in [7, 11) is -1.40. The van der Waals surface area contributed by atoms with E-state index < -0.39 is 33.9 Å². The Morgan fingerprint density at radius 2 is 1.60 bits per heavy atom. The minimum atomic E-state index is -3.75. The predicted molar refractivity (Wildman–Crippen MR) is 90.4 cm³/mol. The number of ether oxygens (including phenoxy) is 2. The second kappa shape index (κ2) is 9.16. The van der Waals surface area contributed by atoms with E-state index in [9.17, 15) is 18.0 Å². The summed E-state index contributed by atoms with van der Waals surface area (Å²) in [5.74, 6) is -3.39. The van der Waals surface area contributed by atoms with Gasteiger partial charge in [-0.1, -0.05) is 35.5 Å². The molecule has 0 heterocycles. The molecule has 0 aromatic heterocycles. The summed E-state index contributed by atoms with van der Waals surface area (Å²) in [6, 6.07) is 8.79. The molecule has 1 aromatic rings. The first-order chi connectivity index (χ1) is 11.7. The third kappa shape index (κ3) is 6.54. The van der Waals surface area contributed by atoms with Crippen LogP contribution in [0.25, 0.3) is 0 Å². The van der Waals surface area contributed by atoms with E-state index in [4.69, 9.17) is 9.47 Å². The monoisotopic (exact) mass is 371 g/mol. The van der Waals surface area contributed by atoms with E-state index >= 15 is 0 Å². The molecular formula is C16H21NO7S. The molecule has 8 nitrogen and oxygen atoms in total.